The molecule has 0 radical (unpaired) electrons. The van der Waals surface area contributed by atoms with Crippen LogP contribution in [0.5, 0.6) is 0 Å². The second-order valence-electron chi connectivity index (χ2n) is 42.5. The van der Waals surface area contributed by atoms with Crippen LogP contribution in [0.1, 0.15) is 324 Å². The molecule has 134 heavy (non-hydrogen) atoms. The van der Waals surface area contributed by atoms with Crippen molar-refractivity contribution in [2.24, 2.45) is 35.2 Å². The lowest BCUT2D eigenvalue weighted by molar-refractivity contribution is -0.665. The predicted molar refractivity (Wildman–Crippen MR) is 579 cm³/mol. The Morgan fingerprint density at radius 2 is 0.515 bits per heavy atom. The zero-order valence-electron chi connectivity index (χ0n) is 94.6. The maximum atomic E-state index is 8.89. The summed E-state index contributed by atoms with van der Waals surface area (Å²) in [6.07, 6.45) is 15.3. The van der Waals surface area contributed by atoms with E-state index in [1.54, 1.807) is 0 Å². The van der Waals surface area contributed by atoms with Gasteiger partial charge in [-0.2, -0.15) is 22.8 Å². The van der Waals surface area contributed by atoms with Crippen LogP contribution < -0.4 is 22.8 Å². The van der Waals surface area contributed by atoms with Crippen molar-refractivity contribution in [3.05, 3.63) is 319 Å². The molecule has 2 aliphatic rings. The van der Waals surface area contributed by atoms with Crippen molar-refractivity contribution in [3.63, 3.8) is 0 Å². The molecule has 5 heteroatoms. The van der Waals surface area contributed by atoms with Crippen LogP contribution in [0.15, 0.2) is 152 Å². The fraction of sp³-hybridized carbons (Fsp3) is 0.419. The average Bonchev–Trinajstić information content (AvgIpc) is 1.19. The van der Waals surface area contributed by atoms with Crippen LogP contribution in [0, 0.1) is 173 Å². The predicted octanol–water partition coefficient (Wildman–Crippen LogP) is 32.8. The number of aryl methyl sites for hydroxylation is 15. The molecular weight excluding hydrogens is 1620 g/mol. The van der Waals surface area contributed by atoms with Crippen molar-refractivity contribution in [3.8, 4) is 56.3 Å². The second kappa shape index (κ2) is 41.0. The summed E-state index contributed by atoms with van der Waals surface area (Å²) in [6, 6.07) is 49.2. The third-order valence-corrected chi connectivity index (χ3v) is 31.6. The van der Waals surface area contributed by atoms with Crippen molar-refractivity contribution in [1.82, 2.24) is 0 Å². The number of rotatable bonds is 12. The smallest absolute Gasteiger partial charge is 0.198 e. The zero-order valence-corrected chi connectivity index (χ0v) is 89.6. The minimum Gasteiger partial charge on any atom is -0.198 e. The van der Waals surface area contributed by atoms with E-state index in [0.717, 1.165) is 74.7 Å². The summed E-state index contributed by atoms with van der Waals surface area (Å²) in [5, 5.41) is 11.4. The van der Waals surface area contributed by atoms with Gasteiger partial charge in [0, 0.05) is 64.8 Å². The Morgan fingerprint density at radius 1 is 0.276 bits per heavy atom. The van der Waals surface area contributed by atoms with Crippen LogP contribution in [-0.2, 0) is 40.7 Å². The molecule has 17 rings (SSSR count). The summed E-state index contributed by atoms with van der Waals surface area (Å²) in [6.45, 7) is 70.2. The summed E-state index contributed by atoms with van der Waals surface area (Å²) < 4.78 is 55.2. The van der Waals surface area contributed by atoms with Gasteiger partial charge in [0.15, 0.2) is 28.5 Å². The highest BCUT2D eigenvalue weighted by Gasteiger charge is 2.32. The van der Waals surface area contributed by atoms with Gasteiger partial charge < -0.3 is 0 Å². The van der Waals surface area contributed by atoms with Crippen LogP contribution >= 0.6 is 0 Å². The molecule has 15 aromatic rings. The number of benzene rings is 10. The van der Waals surface area contributed by atoms with Crippen molar-refractivity contribution < 1.29 is 29.7 Å². The maximum absolute atomic E-state index is 8.89. The third-order valence-electron chi connectivity index (χ3n) is 31.6. The molecular formula is C129H164N5+5. The molecule has 1 atom stereocenters. The van der Waals surface area contributed by atoms with Gasteiger partial charge in [-0.25, -0.2) is 0 Å². The lowest BCUT2D eigenvalue weighted by atomic mass is 9.81. The molecule has 0 aliphatic heterocycles. The van der Waals surface area contributed by atoms with E-state index in [2.05, 4.69) is 401 Å². The van der Waals surface area contributed by atoms with Gasteiger partial charge in [-0.3, -0.25) is 0 Å². The van der Waals surface area contributed by atoms with Gasteiger partial charge in [-0.1, -0.05) is 163 Å². The second-order valence-corrected chi connectivity index (χ2v) is 42.5. The Hall–Kier alpha value is -10.8. The van der Waals surface area contributed by atoms with E-state index in [9.17, 15) is 0 Å². The Balaban J connectivity index is 0.000000147. The first-order valence-electron chi connectivity index (χ1n) is 53.0. The van der Waals surface area contributed by atoms with Crippen molar-refractivity contribution in [2.45, 2.75) is 328 Å². The Morgan fingerprint density at radius 3 is 0.784 bits per heavy atom. The number of hydrogen-bond acceptors (Lipinski definition) is 0. The van der Waals surface area contributed by atoms with E-state index >= 15 is 0 Å². The highest BCUT2D eigenvalue weighted by atomic mass is 15.0. The summed E-state index contributed by atoms with van der Waals surface area (Å²) in [7, 11) is 10.5. The lowest BCUT2D eigenvalue weighted by Crippen LogP contribution is -2.35. The minimum absolute atomic E-state index is 0.0622. The van der Waals surface area contributed by atoms with Gasteiger partial charge in [0.1, 0.15) is 35.2 Å². The number of pyridine rings is 5. The zero-order chi connectivity index (χ0) is 102. The topological polar surface area (TPSA) is 19.4 Å². The molecule has 2 aliphatic carbocycles. The molecule has 5 nitrogen and oxygen atoms in total. The summed E-state index contributed by atoms with van der Waals surface area (Å²) in [5.41, 5.74) is 51.1. The Kier molecular flexibility index (Phi) is 28.7. The van der Waals surface area contributed by atoms with E-state index in [-0.39, 0.29) is 5.41 Å². The standard InChI is InChI=1S/C27H34N.C26H32N.C26H34N.2C25H32N/c1-17-12-18(2)21(5)25(13-17)27-26-14-19(3)24(22-10-8-7-9-11-22)16-23(26)15-20(4)28(27)6;1-16-11-17(2)20(5)24(12-16)26-25-13-18(3)23(21-9-7-8-10-21)15-22(25)14-19(4)27(26)6;1-9-21(10-2)23-15-22-14-19(6)27(8)26(25(22)13-18(23)5)24-12-16(3)11-17(4)20(24)7;1-15-10-16(2)19(5)21(11-15)24-22-12-17(3)23(25(6,7)8)14-20(22)13-18(4)26(24)9;1-9-16(3)22-14-21-13-19(6)26(8)25(24(21)12-18(22)5)23-11-15(2)10-17(4)20(23)7/h12-16,22H,7-11H2,1-6H3;11-15,21H,7-10H2,1-6H3;11-15,21H,9-10H2,1-8H3;10-14H,1-9H3;10-14,16H,9H2,1-8H3/q5*+1/i15D;2*14D;2*13D. The summed E-state index contributed by atoms with van der Waals surface area (Å²) >= 11 is 0. The molecule has 0 bridgehead atoms. The van der Waals surface area contributed by atoms with Crippen LogP contribution in [0.25, 0.3) is 110 Å². The number of fused-ring (bicyclic) bond motifs is 5. The van der Waals surface area contributed by atoms with E-state index in [1.165, 1.54) is 280 Å². The molecule has 5 aromatic heterocycles. The SMILES string of the molecule is [2H]c1c(C)[n+](C)c(-c2cc(C)cc(C)c2C)c2cc(C)c(C(C)(C)C)cc12.[2H]c1c(C)[n+](C)c(-c2cc(C)cc(C)c2C)c2cc(C)c(C(C)CC)cc12.[2H]c1c(C)[n+](C)c(-c2cc(C)cc(C)c2C)c2cc(C)c(C(CC)CC)cc12.[2H]c1c(C)[n+](C)c(-c2cc(C)cc(C)c2C)c2cc(C)c(C3CCCC3)cc12.[2H]c1c(C)[n+](C)c(-c2cc(C)cc(C)c2C)c2cc(C)c(C3CCCCC3)cc12. The third kappa shape index (κ3) is 20.5. The first kappa shape index (κ1) is 93.6. The highest BCUT2D eigenvalue weighted by molar-refractivity contribution is 6.00. The molecule has 2 saturated carbocycles. The van der Waals surface area contributed by atoms with E-state index in [4.69, 9.17) is 6.85 Å². The van der Waals surface area contributed by atoms with Gasteiger partial charge in [-0.05, 0) is 417 Å². The monoisotopic (exact) mass is 1790 g/mol. The largest absolute Gasteiger partial charge is 0.220 e. The fourth-order valence-electron chi connectivity index (χ4n) is 22.6. The van der Waals surface area contributed by atoms with Crippen molar-refractivity contribution in [1.29, 1.82) is 0 Å². The first-order valence-corrected chi connectivity index (χ1v) is 50.5. The number of nitrogens with zero attached hydrogens (tertiary/aromatic N) is 5. The van der Waals surface area contributed by atoms with E-state index in [1.807, 2.05) is 0 Å². The molecule has 700 valence electrons. The maximum Gasteiger partial charge on any atom is 0.220 e. The molecule has 10 aromatic carbocycles. The average molecular weight is 1790 g/mol. The van der Waals surface area contributed by atoms with Crippen molar-refractivity contribution >= 4 is 53.9 Å². The van der Waals surface area contributed by atoms with Crippen LogP contribution in [0.4, 0.5) is 0 Å². The number of aromatic nitrogens is 5. The number of hydrogen-bond donors (Lipinski definition) is 0. The highest BCUT2D eigenvalue weighted by Crippen LogP contribution is 2.45. The van der Waals surface area contributed by atoms with Gasteiger partial charge in [0.05, 0.1) is 61.6 Å². The van der Waals surface area contributed by atoms with Gasteiger partial charge in [0.2, 0.25) is 28.5 Å². The van der Waals surface area contributed by atoms with Gasteiger partial charge >= 0.3 is 0 Å². The summed E-state index contributed by atoms with van der Waals surface area (Å²) in [4.78, 5) is 0. The first-order chi connectivity index (χ1) is 65.4. The molecule has 1 unspecified atom stereocenters. The Bertz CT molecular complexity index is 7230. The Labute approximate surface area is 816 Å². The van der Waals surface area contributed by atoms with Gasteiger partial charge in [0.25, 0.3) is 0 Å². The van der Waals surface area contributed by atoms with Crippen molar-refractivity contribution in [2.75, 3.05) is 0 Å². The van der Waals surface area contributed by atoms with Gasteiger partial charge in [-0.15, -0.1) is 0 Å². The van der Waals surface area contributed by atoms with Crippen LogP contribution in [-0.4, -0.2) is 0 Å². The normalized spacial score (nSPS) is 13.9. The molecule has 0 spiro atoms. The van der Waals surface area contributed by atoms with Crippen LogP contribution in [0.2, 0.25) is 0 Å². The molecule has 0 saturated heterocycles. The molecule has 5 heterocycles. The molecule has 2 fully saturated rings. The lowest BCUT2D eigenvalue weighted by Gasteiger charge is -2.24. The van der Waals surface area contributed by atoms with Crippen LogP contribution in [0.3, 0.4) is 0 Å². The summed E-state index contributed by atoms with van der Waals surface area (Å²) in [5.74, 6) is 2.40. The minimum atomic E-state index is 0.0622. The fourth-order valence-corrected chi connectivity index (χ4v) is 22.6. The van der Waals surface area contributed by atoms with E-state index < -0.39 is 0 Å². The van der Waals surface area contributed by atoms with E-state index in [0.29, 0.717) is 53.9 Å². The quantitative estimate of drug-likeness (QED) is 0.109. The molecule has 0 amide bonds. The molecule has 0 N–H and O–H groups in total.